The Morgan fingerprint density at radius 2 is 2.43 bits per heavy atom. The van der Waals surface area contributed by atoms with Gasteiger partial charge in [-0.05, 0) is 42.9 Å². The molecule has 5 heteroatoms. The zero-order valence-corrected chi connectivity index (χ0v) is 13.9. The molecule has 2 aromatic rings. The van der Waals surface area contributed by atoms with Gasteiger partial charge in [0.1, 0.15) is 11.1 Å². The molecule has 0 spiro atoms. The first-order chi connectivity index (χ1) is 11.2. The second-order valence-electron chi connectivity index (χ2n) is 5.91. The Morgan fingerprint density at radius 3 is 3.13 bits per heavy atom. The number of aromatic nitrogens is 1. The molecule has 0 radical (unpaired) electrons. The Morgan fingerprint density at radius 1 is 1.57 bits per heavy atom. The van der Waals surface area contributed by atoms with E-state index in [1.807, 2.05) is 0 Å². The van der Waals surface area contributed by atoms with Crippen molar-refractivity contribution in [2.45, 2.75) is 39.0 Å². The van der Waals surface area contributed by atoms with Gasteiger partial charge in [-0.25, -0.2) is 0 Å². The highest BCUT2D eigenvalue weighted by molar-refractivity contribution is 7.16. The summed E-state index contributed by atoms with van der Waals surface area (Å²) in [5.41, 5.74) is 2.30. The summed E-state index contributed by atoms with van der Waals surface area (Å²) in [6, 6.07) is 5.74. The van der Waals surface area contributed by atoms with Crippen LogP contribution >= 0.6 is 11.3 Å². The van der Waals surface area contributed by atoms with E-state index >= 15 is 0 Å². The molecular weight excluding hydrogens is 306 g/mol. The quantitative estimate of drug-likeness (QED) is 0.917. The molecule has 0 aromatic carbocycles. The molecule has 118 valence electrons. The zero-order chi connectivity index (χ0) is 16.2. The lowest BCUT2D eigenvalue weighted by atomic mass is 9.85. The lowest BCUT2D eigenvalue weighted by molar-refractivity contribution is 0.102. The maximum absolute atomic E-state index is 12.3. The highest BCUT2D eigenvalue weighted by Crippen LogP contribution is 2.40. The average molecular weight is 325 g/mol. The molecule has 0 unspecified atom stereocenters. The van der Waals surface area contributed by atoms with Gasteiger partial charge in [0.2, 0.25) is 0 Å². The highest BCUT2D eigenvalue weighted by Gasteiger charge is 2.26. The monoisotopic (exact) mass is 325 g/mol. The highest BCUT2D eigenvalue weighted by atomic mass is 32.1. The minimum Gasteiger partial charge on any atom is -0.312 e. The first-order valence-corrected chi connectivity index (χ1v) is 8.80. The van der Waals surface area contributed by atoms with Crippen molar-refractivity contribution in [2.75, 3.05) is 5.32 Å². The van der Waals surface area contributed by atoms with Gasteiger partial charge >= 0.3 is 0 Å². The van der Waals surface area contributed by atoms with Gasteiger partial charge in [-0.3, -0.25) is 9.78 Å². The third-order valence-electron chi connectivity index (χ3n) is 4.33. The Bertz CT molecular complexity index is 746. The van der Waals surface area contributed by atoms with Gasteiger partial charge in [0.05, 0.1) is 11.1 Å². The number of rotatable bonds is 4. The van der Waals surface area contributed by atoms with Gasteiger partial charge in [0.25, 0.3) is 5.91 Å². The molecular formula is C18H19N3OS. The smallest absolute Gasteiger partial charge is 0.257 e. The van der Waals surface area contributed by atoms with Crippen molar-refractivity contribution in [1.82, 2.24) is 4.98 Å². The van der Waals surface area contributed by atoms with Gasteiger partial charge in [0, 0.05) is 17.3 Å². The number of pyridine rings is 1. The number of nitrogens with zero attached hydrogens (tertiary/aromatic N) is 2. The second kappa shape index (κ2) is 6.93. The first kappa shape index (κ1) is 15.7. The van der Waals surface area contributed by atoms with Crippen LogP contribution in [0.2, 0.25) is 0 Å². The van der Waals surface area contributed by atoms with E-state index in [2.05, 4.69) is 23.3 Å². The summed E-state index contributed by atoms with van der Waals surface area (Å²) in [4.78, 5) is 17.5. The summed E-state index contributed by atoms with van der Waals surface area (Å²) < 4.78 is 0. The lowest BCUT2D eigenvalue weighted by Crippen LogP contribution is -2.13. The molecule has 2 heterocycles. The van der Waals surface area contributed by atoms with Crippen LogP contribution in [0, 0.1) is 17.2 Å². The van der Waals surface area contributed by atoms with Gasteiger partial charge < -0.3 is 5.32 Å². The number of carbonyl (C=O) groups excluding carboxylic acids is 1. The molecule has 0 saturated heterocycles. The molecule has 3 rings (SSSR count). The number of anilines is 1. The number of carbonyl (C=O) groups is 1. The molecule has 2 aromatic heterocycles. The summed E-state index contributed by atoms with van der Waals surface area (Å²) in [5.74, 6) is 0.498. The molecule has 1 atom stereocenters. The van der Waals surface area contributed by atoms with E-state index in [1.165, 1.54) is 23.9 Å². The average Bonchev–Trinajstić information content (AvgIpc) is 2.92. The minimum absolute atomic E-state index is 0.210. The number of nitrogens with one attached hydrogen (secondary N) is 1. The first-order valence-electron chi connectivity index (χ1n) is 7.99. The molecule has 1 aliphatic carbocycles. The van der Waals surface area contributed by atoms with Crippen molar-refractivity contribution in [3.63, 3.8) is 0 Å². The Kier molecular flexibility index (Phi) is 4.73. The molecule has 1 aliphatic rings. The maximum Gasteiger partial charge on any atom is 0.257 e. The van der Waals surface area contributed by atoms with Crippen LogP contribution in [-0.4, -0.2) is 10.9 Å². The molecule has 0 bridgehead atoms. The summed E-state index contributed by atoms with van der Waals surface area (Å²) in [6.07, 6.45) is 8.72. The number of hydrogen-bond donors (Lipinski definition) is 1. The van der Waals surface area contributed by atoms with E-state index < -0.39 is 0 Å². The van der Waals surface area contributed by atoms with Crippen LogP contribution in [0.15, 0.2) is 24.5 Å². The molecule has 0 aliphatic heterocycles. The molecule has 4 nitrogen and oxygen atoms in total. The summed E-state index contributed by atoms with van der Waals surface area (Å²) in [6.45, 7) is 2.21. The standard InChI is InChI=1S/C18H19N3OS/c1-2-4-12-6-7-14-15(10-19)18(23-16(14)9-12)21-17(22)13-5-3-8-20-11-13/h3,5,8,11-12H,2,4,6-7,9H2,1H3,(H,21,22)/t12-/m1/s1. The van der Waals surface area contributed by atoms with Gasteiger partial charge in [-0.2, -0.15) is 5.26 Å². The van der Waals surface area contributed by atoms with Crippen molar-refractivity contribution in [3.8, 4) is 6.07 Å². The van der Waals surface area contributed by atoms with Gasteiger partial charge in [0.15, 0.2) is 0 Å². The number of nitriles is 1. The summed E-state index contributed by atoms with van der Waals surface area (Å²) >= 11 is 1.56. The Balaban J connectivity index is 1.84. The van der Waals surface area contributed by atoms with E-state index in [9.17, 15) is 10.1 Å². The van der Waals surface area contributed by atoms with Crippen LogP contribution in [0.5, 0.6) is 0 Å². The zero-order valence-electron chi connectivity index (χ0n) is 13.1. The largest absolute Gasteiger partial charge is 0.312 e. The summed E-state index contributed by atoms with van der Waals surface area (Å²) in [5, 5.41) is 13.1. The van der Waals surface area contributed by atoms with E-state index in [-0.39, 0.29) is 5.91 Å². The van der Waals surface area contributed by atoms with Crippen LogP contribution in [-0.2, 0) is 12.8 Å². The topological polar surface area (TPSA) is 65.8 Å². The van der Waals surface area contributed by atoms with Crippen LogP contribution < -0.4 is 5.32 Å². The molecule has 0 fully saturated rings. The molecule has 23 heavy (non-hydrogen) atoms. The third kappa shape index (κ3) is 3.27. The molecule has 1 N–H and O–H groups in total. The van der Waals surface area contributed by atoms with E-state index in [0.29, 0.717) is 22.0 Å². The second-order valence-corrected chi connectivity index (χ2v) is 7.02. The Hall–Kier alpha value is -2.19. The van der Waals surface area contributed by atoms with Gasteiger partial charge in [-0.15, -0.1) is 11.3 Å². The van der Waals surface area contributed by atoms with Crippen molar-refractivity contribution >= 4 is 22.2 Å². The Labute approximate surface area is 140 Å². The van der Waals surface area contributed by atoms with E-state index in [1.54, 1.807) is 29.7 Å². The van der Waals surface area contributed by atoms with Crippen molar-refractivity contribution in [1.29, 1.82) is 5.26 Å². The number of fused-ring (bicyclic) bond motifs is 1. The predicted octanol–water partition coefficient (Wildman–Crippen LogP) is 4.17. The fourth-order valence-electron chi connectivity index (χ4n) is 3.19. The van der Waals surface area contributed by atoms with Crippen LogP contribution in [0.3, 0.4) is 0 Å². The normalized spacial score (nSPS) is 16.4. The predicted molar refractivity (Wildman–Crippen MR) is 91.6 cm³/mol. The lowest BCUT2D eigenvalue weighted by Gasteiger charge is -2.21. The molecule has 0 saturated carbocycles. The third-order valence-corrected chi connectivity index (χ3v) is 5.50. The van der Waals surface area contributed by atoms with E-state index in [0.717, 1.165) is 24.8 Å². The fourth-order valence-corrected chi connectivity index (χ4v) is 4.49. The van der Waals surface area contributed by atoms with Crippen molar-refractivity contribution in [2.24, 2.45) is 5.92 Å². The van der Waals surface area contributed by atoms with Gasteiger partial charge in [-0.1, -0.05) is 19.8 Å². The molecule has 1 amide bonds. The van der Waals surface area contributed by atoms with Crippen molar-refractivity contribution < 1.29 is 4.79 Å². The van der Waals surface area contributed by atoms with Crippen LogP contribution in [0.25, 0.3) is 0 Å². The minimum atomic E-state index is -0.210. The van der Waals surface area contributed by atoms with Crippen LogP contribution in [0.4, 0.5) is 5.00 Å². The summed E-state index contributed by atoms with van der Waals surface area (Å²) in [7, 11) is 0. The number of hydrogen-bond acceptors (Lipinski definition) is 4. The maximum atomic E-state index is 12.3. The van der Waals surface area contributed by atoms with E-state index in [4.69, 9.17) is 0 Å². The number of amides is 1. The van der Waals surface area contributed by atoms with Crippen molar-refractivity contribution in [3.05, 3.63) is 46.1 Å². The fraction of sp³-hybridized carbons (Fsp3) is 0.389. The number of thiophene rings is 1. The van der Waals surface area contributed by atoms with Crippen LogP contribution in [0.1, 0.15) is 52.5 Å². The SMILES string of the molecule is CCC[C@@H]1CCc2c(sc(NC(=O)c3cccnc3)c2C#N)C1.